The van der Waals surface area contributed by atoms with E-state index >= 15 is 0 Å². The van der Waals surface area contributed by atoms with Crippen LogP contribution in [0.5, 0.6) is 0 Å². The lowest BCUT2D eigenvalue weighted by Gasteiger charge is -2.27. The Hall–Kier alpha value is -1.75. The summed E-state index contributed by atoms with van der Waals surface area (Å²) < 4.78 is 4.79. The van der Waals surface area contributed by atoms with Gasteiger partial charge < -0.3 is 10.1 Å². The Morgan fingerprint density at radius 3 is 2.50 bits per heavy atom. The van der Waals surface area contributed by atoms with Crippen molar-refractivity contribution in [2.24, 2.45) is 11.8 Å². The van der Waals surface area contributed by atoms with Crippen molar-refractivity contribution in [3.8, 4) is 0 Å². The fourth-order valence-electron chi connectivity index (χ4n) is 2.76. The Bertz CT molecular complexity index is 442. The van der Waals surface area contributed by atoms with Crippen LogP contribution in [0.3, 0.4) is 0 Å². The average molecular weight is 278 g/mol. The molecule has 1 aromatic carbocycles. The minimum Gasteiger partial charge on any atom is -0.469 e. The lowest BCUT2D eigenvalue weighted by molar-refractivity contribution is -0.146. The van der Waals surface area contributed by atoms with Crippen LogP contribution in [0.4, 0.5) is 11.4 Å². The summed E-state index contributed by atoms with van der Waals surface area (Å²) in [6.07, 6.45) is 3.86. The van der Waals surface area contributed by atoms with E-state index < -0.39 is 0 Å². The maximum absolute atomic E-state index is 11.5. The molecule has 5 heteroatoms. The molecule has 1 aliphatic carbocycles. The van der Waals surface area contributed by atoms with Gasteiger partial charge in [-0.3, -0.25) is 15.5 Å². The molecule has 1 aliphatic rings. The zero-order valence-electron chi connectivity index (χ0n) is 11.8. The molecule has 0 bridgehead atoms. The van der Waals surface area contributed by atoms with Crippen LogP contribution in [0.15, 0.2) is 24.3 Å². The molecule has 0 atom stereocenters. The van der Waals surface area contributed by atoms with Gasteiger partial charge in [-0.05, 0) is 43.7 Å². The second kappa shape index (κ2) is 7.14. The van der Waals surface area contributed by atoms with E-state index in [-0.39, 0.29) is 11.9 Å². The molecule has 0 radical (unpaired) electrons. The molecule has 0 unspecified atom stereocenters. The SMILES string of the molecule is COC(=O)C1CCC(CNc2ccccc2NO)CC1. The first kappa shape index (κ1) is 14.7. The third-order valence-electron chi connectivity index (χ3n) is 4.01. The van der Waals surface area contributed by atoms with Crippen LogP contribution in [-0.4, -0.2) is 24.8 Å². The molecule has 1 aromatic rings. The topological polar surface area (TPSA) is 70.6 Å². The molecule has 20 heavy (non-hydrogen) atoms. The number of rotatable bonds is 5. The minimum absolute atomic E-state index is 0.0719. The Morgan fingerprint density at radius 2 is 1.90 bits per heavy atom. The predicted molar refractivity (Wildman–Crippen MR) is 77.8 cm³/mol. The van der Waals surface area contributed by atoms with E-state index in [4.69, 9.17) is 9.94 Å². The first-order valence-electron chi connectivity index (χ1n) is 7.05. The maximum Gasteiger partial charge on any atom is 0.308 e. The zero-order chi connectivity index (χ0) is 14.4. The number of para-hydroxylation sites is 2. The van der Waals surface area contributed by atoms with Gasteiger partial charge in [-0.1, -0.05) is 12.1 Å². The van der Waals surface area contributed by atoms with E-state index in [2.05, 4.69) is 10.8 Å². The fourth-order valence-corrected chi connectivity index (χ4v) is 2.76. The van der Waals surface area contributed by atoms with E-state index in [0.717, 1.165) is 37.9 Å². The summed E-state index contributed by atoms with van der Waals surface area (Å²) in [6, 6.07) is 7.54. The quantitative estimate of drug-likeness (QED) is 0.570. The number of nitrogens with one attached hydrogen (secondary N) is 2. The second-order valence-electron chi connectivity index (χ2n) is 5.28. The standard InChI is InChI=1S/C15H22N2O3/c1-20-15(18)12-8-6-11(7-9-12)10-16-13-4-2-3-5-14(13)17-19/h2-5,11-12,16-17,19H,6-10H2,1H3. The van der Waals surface area contributed by atoms with Crippen LogP contribution < -0.4 is 10.8 Å². The molecule has 0 saturated heterocycles. The molecule has 2 rings (SSSR count). The molecule has 0 aromatic heterocycles. The Morgan fingerprint density at radius 1 is 1.25 bits per heavy atom. The maximum atomic E-state index is 11.5. The first-order chi connectivity index (χ1) is 9.74. The van der Waals surface area contributed by atoms with Crippen molar-refractivity contribution in [1.82, 2.24) is 0 Å². The van der Waals surface area contributed by atoms with Crippen LogP contribution in [-0.2, 0) is 9.53 Å². The molecule has 1 saturated carbocycles. The molecule has 5 nitrogen and oxygen atoms in total. The summed E-state index contributed by atoms with van der Waals surface area (Å²) in [5.41, 5.74) is 3.76. The van der Waals surface area contributed by atoms with Crippen molar-refractivity contribution in [2.75, 3.05) is 24.5 Å². The third kappa shape index (κ3) is 3.63. The van der Waals surface area contributed by atoms with Crippen LogP contribution in [0, 0.1) is 11.8 Å². The molecular weight excluding hydrogens is 256 g/mol. The van der Waals surface area contributed by atoms with Crippen molar-refractivity contribution in [3.05, 3.63) is 24.3 Å². The number of carbonyl (C=O) groups is 1. The number of carbonyl (C=O) groups excluding carboxylic acids is 1. The number of methoxy groups -OCH3 is 1. The van der Waals surface area contributed by atoms with E-state index in [9.17, 15) is 4.79 Å². The Balaban J connectivity index is 1.80. The Kier molecular flexibility index (Phi) is 5.24. The van der Waals surface area contributed by atoms with Gasteiger partial charge in [-0.25, -0.2) is 0 Å². The van der Waals surface area contributed by atoms with E-state index in [1.807, 2.05) is 24.3 Å². The number of esters is 1. The highest BCUT2D eigenvalue weighted by Crippen LogP contribution is 2.30. The van der Waals surface area contributed by atoms with Gasteiger partial charge in [0, 0.05) is 6.54 Å². The highest BCUT2D eigenvalue weighted by atomic mass is 16.5. The van der Waals surface area contributed by atoms with Crippen molar-refractivity contribution < 1.29 is 14.7 Å². The van der Waals surface area contributed by atoms with E-state index in [1.165, 1.54) is 7.11 Å². The van der Waals surface area contributed by atoms with Crippen molar-refractivity contribution in [2.45, 2.75) is 25.7 Å². The monoisotopic (exact) mass is 278 g/mol. The van der Waals surface area contributed by atoms with Crippen LogP contribution >= 0.6 is 0 Å². The summed E-state index contributed by atoms with van der Waals surface area (Å²) in [6.45, 7) is 0.854. The first-order valence-corrected chi connectivity index (χ1v) is 7.05. The van der Waals surface area contributed by atoms with Crippen LogP contribution in [0.2, 0.25) is 0 Å². The van der Waals surface area contributed by atoms with Crippen molar-refractivity contribution >= 4 is 17.3 Å². The summed E-state index contributed by atoms with van der Waals surface area (Å²) in [4.78, 5) is 11.5. The summed E-state index contributed by atoms with van der Waals surface area (Å²) in [5, 5.41) is 12.4. The highest BCUT2D eigenvalue weighted by Gasteiger charge is 2.26. The number of hydrogen-bond acceptors (Lipinski definition) is 5. The largest absolute Gasteiger partial charge is 0.469 e. The molecule has 110 valence electrons. The molecule has 3 N–H and O–H groups in total. The lowest BCUT2D eigenvalue weighted by atomic mass is 9.82. The number of anilines is 2. The second-order valence-corrected chi connectivity index (χ2v) is 5.28. The smallest absolute Gasteiger partial charge is 0.308 e. The average Bonchev–Trinajstić information content (AvgIpc) is 2.53. The van der Waals surface area contributed by atoms with Gasteiger partial charge >= 0.3 is 5.97 Å². The number of ether oxygens (including phenoxy) is 1. The molecule has 0 amide bonds. The fraction of sp³-hybridized carbons (Fsp3) is 0.533. The van der Waals surface area contributed by atoms with Crippen LogP contribution in [0.25, 0.3) is 0 Å². The molecule has 0 heterocycles. The van der Waals surface area contributed by atoms with Gasteiger partial charge in [-0.2, -0.15) is 0 Å². The Labute approximate surface area is 119 Å². The van der Waals surface area contributed by atoms with E-state index in [1.54, 1.807) is 0 Å². The van der Waals surface area contributed by atoms with Crippen molar-refractivity contribution in [1.29, 1.82) is 0 Å². The minimum atomic E-state index is -0.0776. The van der Waals surface area contributed by atoms with Crippen LogP contribution in [0.1, 0.15) is 25.7 Å². The molecule has 0 spiro atoms. The van der Waals surface area contributed by atoms with Gasteiger partial charge in [0.25, 0.3) is 0 Å². The summed E-state index contributed by atoms with van der Waals surface area (Å²) >= 11 is 0. The lowest BCUT2D eigenvalue weighted by Crippen LogP contribution is -2.26. The van der Waals surface area contributed by atoms with Gasteiger partial charge in [-0.15, -0.1) is 0 Å². The molecule has 1 fully saturated rings. The van der Waals surface area contributed by atoms with Gasteiger partial charge in [0.2, 0.25) is 0 Å². The van der Waals surface area contributed by atoms with Gasteiger partial charge in [0.1, 0.15) is 0 Å². The summed E-state index contributed by atoms with van der Waals surface area (Å²) in [7, 11) is 1.45. The highest BCUT2D eigenvalue weighted by molar-refractivity contribution is 5.72. The molecule has 0 aliphatic heterocycles. The van der Waals surface area contributed by atoms with Gasteiger partial charge in [0.05, 0.1) is 24.4 Å². The summed E-state index contributed by atoms with van der Waals surface area (Å²) in [5.74, 6) is 0.552. The molecular formula is C15H22N2O3. The number of benzene rings is 1. The third-order valence-corrected chi connectivity index (χ3v) is 4.01. The van der Waals surface area contributed by atoms with E-state index in [0.29, 0.717) is 11.6 Å². The normalized spacial score (nSPS) is 22.1. The number of hydrogen-bond donors (Lipinski definition) is 3. The zero-order valence-corrected chi connectivity index (χ0v) is 11.8. The predicted octanol–water partition coefficient (Wildman–Crippen LogP) is 2.88. The van der Waals surface area contributed by atoms with Gasteiger partial charge in [0.15, 0.2) is 0 Å². The van der Waals surface area contributed by atoms with Crippen molar-refractivity contribution in [3.63, 3.8) is 0 Å².